The summed E-state index contributed by atoms with van der Waals surface area (Å²) in [6.45, 7) is 15.3. The van der Waals surface area contributed by atoms with Gasteiger partial charge in [-0.15, -0.1) is 6.58 Å². The Hall–Kier alpha value is -1.98. The van der Waals surface area contributed by atoms with Crippen LogP contribution in [0.2, 0.25) is 0 Å². The first-order valence-corrected chi connectivity index (χ1v) is 10.0. The van der Waals surface area contributed by atoms with Crippen molar-refractivity contribution in [2.75, 3.05) is 7.11 Å². The molecule has 0 aromatic rings. The summed E-state index contributed by atoms with van der Waals surface area (Å²) in [6, 6.07) is 0. The topological polar surface area (TPSA) is 97.7 Å². The van der Waals surface area contributed by atoms with Gasteiger partial charge in [0.1, 0.15) is 11.6 Å². The number of methoxy groups -OCH3 is 1. The third kappa shape index (κ3) is 6.51. The van der Waals surface area contributed by atoms with E-state index in [4.69, 9.17) is 4.74 Å². The number of allylic oxidation sites excluding steroid dienone is 1. The summed E-state index contributed by atoms with van der Waals surface area (Å²) in [5, 5.41) is 10.0. The number of ketones is 2. The number of hydrogen-bond donors (Lipinski definition) is 1. The Labute approximate surface area is 175 Å². The van der Waals surface area contributed by atoms with Gasteiger partial charge in [-0.2, -0.15) is 0 Å². The summed E-state index contributed by atoms with van der Waals surface area (Å²) in [5.41, 5.74) is -4.20. The van der Waals surface area contributed by atoms with E-state index in [9.17, 15) is 24.3 Å². The predicted octanol–water partition coefficient (Wildman–Crippen LogP) is 4.60. The lowest BCUT2D eigenvalue weighted by molar-refractivity contribution is -0.161. The van der Waals surface area contributed by atoms with Crippen LogP contribution in [0.3, 0.4) is 0 Å². The van der Waals surface area contributed by atoms with E-state index in [-0.39, 0.29) is 37.2 Å². The number of carboxylic acid groups (broad SMARTS) is 1. The molecule has 0 aromatic carbocycles. The minimum atomic E-state index is -1.35. The van der Waals surface area contributed by atoms with Crippen molar-refractivity contribution >= 4 is 23.5 Å². The van der Waals surface area contributed by atoms with Crippen LogP contribution in [0.25, 0.3) is 0 Å². The van der Waals surface area contributed by atoms with Crippen LogP contribution < -0.4 is 0 Å². The molecule has 0 bridgehead atoms. The van der Waals surface area contributed by atoms with Gasteiger partial charge in [0.05, 0.1) is 17.9 Å². The normalized spacial score (nSPS) is 17.9. The molecule has 0 rings (SSSR count). The molecular weight excluding hydrogens is 372 g/mol. The second-order valence-electron chi connectivity index (χ2n) is 9.72. The molecule has 0 amide bonds. The molecule has 0 spiro atoms. The smallest absolute Gasteiger partial charge is 0.311 e. The van der Waals surface area contributed by atoms with E-state index in [0.717, 1.165) is 0 Å². The lowest BCUT2D eigenvalue weighted by atomic mass is 9.60. The average Bonchev–Trinajstić information content (AvgIpc) is 2.59. The van der Waals surface area contributed by atoms with Crippen molar-refractivity contribution in [1.29, 1.82) is 0 Å². The molecule has 0 aliphatic heterocycles. The molecule has 6 nitrogen and oxygen atoms in total. The van der Waals surface area contributed by atoms with Gasteiger partial charge in [-0.25, -0.2) is 0 Å². The van der Waals surface area contributed by atoms with Gasteiger partial charge < -0.3 is 9.84 Å². The van der Waals surface area contributed by atoms with E-state index >= 15 is 0 Å². The van der Waals surface area contributed by atoms with Crippen LogP contribution in [0.1, 0.15) is 80.6 Å². The fraction of sp³-hybridized carbons (Fsp3) is 0.739. The SMILES string of the molecule is C=CCC(=O)C(C)(C)CC(C)(CC(C)(CC(C)(CC)C(=O)OC)C(=O)O)C(C)=O. The van der Waals surface area contributed by atoms with Crippen LogP contribution in [0.15, 0.2) is 12.7 Å². The highest BCUT2D eigenvalue weighted by molar-refractivity contribution is 5.88. The van der Waals surface area contributed by atoms with E-state index < -0.39 is 33.6 Å². The van der Waals surface area contributed by atoms with Crippen molar-refractivity contribution in [2.45, 2.75) is 80.6 Å². The van der Waals surface area contributed by atoms with Gasteiger partial charge in [0.15, 0.2) is 0 Å². The Morgan fingerprint density at radius 3 is 1.76 bits per heavy atom. The van der Waals surface area contributed by atoms with Crippen molar-refractivity contribution < 1.29 is 29.0 Å². The number of Topliss-reactive ketones (excluding diaryl/α,β-unsaturated/α-hetero) is 2. The molecule has 0 saturated heterocycles. The number of rotatable bonds is 13. The Morgan fingerprint density at radius 1 is 0.931 bits per heavy atom. The summed E-state index contributed by atoms with van der Waals surface area (Å²) < 4.78 is 4.90. The maximum atomic E-state index is 12.6. The molecule has 0 aliphatic carbocycles. The quantitative estimate of drug-likeness (QED) is 0.352. The van der Waals surface area contributed by atoms with Gasteiger partial charge in [0, 0.05) is 17.3 Å². The molecule has 166 valence electrons. The van der Waals surface area contributed by atoms with Crippen LogP contribution in [-0.2, 0) is 23.9 Å². The van der Waals surface area contributed by atoms with Crippen LogP contribution in [0.4, 0.5) is 0 Å². The molecule has 29 heavy (non-hydrogen) atoms. The standard InChI is InChI=1S/C23H38O6/c1-10-12-17(25)20(4,5)13-22(7,16(3)24)15-23(8,18(26)27)14-21(6,11-2)19(28)29-9/h10H,1,11-15H2,2-9H3,(H,26,27). The number of carbonyl (C=O) groups excluding carboxylic acids is 3. The van der Waals surface area contributed by atoms with Gasteiger partial charge in [-0.3, -0.25) is 19.2 Å². The fourth-order valence-corrected chi connectivity index (χ4v) is 4.32. The zero-order valence-electron chi connectivity index (χ0n) is 19.3. The summed E-state index contributed by atoms with van der Waals surface area (Å²) in [4.78, 5) is 49.7. The zero-order valence-corrected chi connectivity index (χ0v) is 19.3. The average molecular weight is 411 g/mol. The van der Waals surface area contributed by atoms with E-state index in [1.165, 1.54) is 20.1 Å². The van der Waals surface area contributed by atoms with E-state index in [1.54, 1.807) is 41.5 Å². The van der Waals surface area contributed by atoms with Crippen LogP contribution in [0, 0.1) is 21.7 Å². The lowest BCUT2D eigenvalue weighted by Crippen LogP contribution is -2.45. The van der Waals surface area contributed by atoms with Crippen molar-refractivity contribution in [2.24, 2.45) is 21.7 Å². The highest BCUT2D eigenvalue weighted by Gasteiger charge is 2.50. The number of aliphatic carboxylic acids is 1. The third-order valence-electron chi connectivity index (χ3n) is 6.30. The minimum absolute atomic E-state index is 0.0159. The zero-order chi connectivity index (χ0) is 23.3. The molecule has 0 fully saturated rings. The number of carbonyl (C=O) groups is 4. The van der Waals surface area contributed by atoms with Gasteiger partial charge in [-0.1, -0.05) is 33.8 Å². The second-order valence-corrected chi connectivity index (χ2v) is 9.72. The first-order chi connectivity index (χ1) is 13.0. The maximum Gasteiger partial charge on any atom is 0.311 e. The van der Waals surface area contributed by atoms with E-state index in [1.807, 2.05) is 0 Å². The Bertz CT molecular complexity index is 664. The van der Waals surface area contributed by atoms with Crippen molar-refractivity contribution in [3.05, 3.63) is 12.7 Å². The largest absolute Gasteiger partial charge is 0.481 e. The predicted molar refractivity (Wildman–Crippen MR) is 112 cm³/mol. The molecule has 0 radical (unpaired) electrons. The highest BCUT2D eigenvalue weighted by atomic mass is 16.5. The number of carboxylic acids is 1. The van der Waals surface area contributed by atoms with Gasteiger partial charge in [-0.05, 0) is 46.5 Å². The van der Waals surface area contributed by atoms with Crippen molar-refractivity contribution in [1.82, 2.24) is 0 Å². The third-order valence-corrected chi connectivity index (χ3v) is 6.30. The van der Waals surface area contributed by atoms with E-state index in [0.29, 0.717) is 6.42 Å². The molecule has 0 saturated carbocycles. The monoisotopic (exact) mass is 410 g/mol. The number of hydrogen-bond acceptors (Lipinski definition) is 5. The molecule has 1 N–H and O–H groups in total. The fourth-order valence-electron chi connectivity index (χ4n) is 4.32. The summed E-state index contributed by atoms with van der Waals surface area (Å²) in [5.74, 6) is -1.78. The maximum absolute atomic E-state index is 12.6. The Balaban J connectivity index is 6.09. The molecular formula is C23H38O6. The van der Waals surface area contributed by atoms with Crippen LogP contribution >= 0.6 is 0 Å². The van der Waals surface area contributed by atoms with Gasteiger partial charge in [0.2, 0.25) is 0 Å². The number of ether oxygens (including phenoxy) is 1. The summed E-state index contributed by atoms with van der Waals surface area (Å²) in [7, 11) is 1.28. The molecule has 6 heteroatoms. The lowest BCUT2D eigenvalue weighted by Gasteiger charge is -2.42. The Kier molecular flexibility index (Phi) is 9.02. The first kappa shape index (κ1) is 27.0. The molecule has 0 aromatic heterocycles. The van der Waals surface area contributed by atoms with E-state index in [2.05, 4.69) is 6.58 Å². The molecule has 0 aliphatic rings. The summed E-state index contributed by atoms with van der Waals surface area (Å²) in [6.07, 6.45) is 2.38. The van der Waals surface area contributed by atoms with Gasteiger partial charge in [0.25, 0.3) is 0 Å². The van der Waals surface area contributed by atoms with Crippen LogP contribution in [-0.4, -0.2) is 35.7 Å². The van der Waals surface area contributed by atoms with Crippen molar-refractivity contribution in [3.8, 4) is 0 Å². The first-order valence-electron chi connectivity index (χ1n) is 10.0. The molecule has 3 unspecified atom stereocenters. The molecule has 0 heterocycles. The Morgan fingerprint density at radius 2 is 1.41 bits per heavy atom. The van der Waals surface area contributed by atoms with Crippen molar-refractivity contribution in [3.63, 3.8) is 0 Å². The van der Waals surface area contributed by atoms with Crippen LogP contribution in [0.5, 0.6) is 0 Å². The summed E-state index contributed by atoms with van der Waals surface area (Å²) >= 11 is 0. The highest BCUT2D eigenvalue weighted by Crippen LogP contribution is 2.49. The number of esters is 1. The van der Waals surface area contributed by atoms with Gasteiger partial charge >= 0.3 is 11.9 Å². The molecule has 3 atom stereocenters. The minimum Gasteiger partial charge on any atom is -0.481 e. The second kappa shape index (κ2) is 9.68.